The lowest BCUT2D eigenvalue weighted by Gasteiger charge is -2.36. The van der Waals surface area contributed by atoms with Crippen molar-refractivity contribution in [3.05, 3.63) is 12.2 Å². The third-order valence-corrected chi connectivity index (χ3v) is 8.64. The minimum Gasteiger partial charge on any atom is -0.397 e. The number of hydrogen-bond donors (Lipinski definition) is 0. The molecule has 2 rings (SSSR count). The smallest absolute Gasteiger partial charge is 0.341 e. The zero-order chi connectivity index (χ0) is 11.6. The lowest BCUT2D eigenvalue weighted by Crippen LogP contribution is -2.46. The van der Waals surface area contributed by atoms with Gasteiger partial charge in [0.15, 0.2) is 0 Å². The molecule has 0 aromatic rings. The molecule has 2 aliphatic carbocycles. The second-order valence-electron chi connectivity index (χ2n) is 5.21. The maximum absolute atomic E-state index is 5.91. The molecule has 92 valence electrons. The van der Waals surface area contributed by atoms with E-state index >= 15 is 0 Å². The van der Waals surface area contributed by atoms with Gasteiger partial charge in [0.2, 0.25) is 0 Å². The van der Waals surface area contributed by atoms with E-state index in [1.54, 1.807) is 0 Å². The molecule has 0 saturated heterocycles. The van der Waals surface area contributed by atoms with Gasteiger partial charge in [0.05, 0.1) is 0 Å². The predicted octanol–water partition coefficient (Wildman–Crippen LogP) is 3.49. The molecule has 0 aromatic heterocycles. The summed E-state index contributed by atoms with van der Waals surface area (Å²) >= 11 is 0. The second kappa shape index (κ2) is 5.03. The maximum atomic E-state index is 5.91. The van der Waals surface area contributed by atoms with Crippen LogP contribution < -0.4 is 0 Å². The molecule has 2 nitrogen and oxygen atoms in total. The molecule has 0 spiro atoms. The fraction of sp³-hybridized carbons (Fsp3) is 0.846. The average molecular weight is 240 g/mol. The summed E-state index contributed by atoms with van der Waals surface area (Å²) in [5, 5.41) is 0. The number of unbranched alkanes of at least 4 members (excludes halogenated alkanes) is 1. The van der Waals surface area contributed by atoms with E-state index in [0.717, 1.165) is 17.9 Å². The Morgan fingerprint density at radius 1 is 1.19 bits per heavy atom. The van der Waals surface area contributed by atoms with Crippen molar-refractivity contribution < 1.29 is 8.85 Å². The van der Waals surface area contributed by atoms with Gasteiger partial charge in [0.1, 0.15) is 0 Å². The van der Waals surface area contributed by atoms with Crippen molar-refractivity contribution >= 4 is 8.56 Å². The van der Waals surface area contributed by atoms with Crippen LogP contribution >= 0.6 is 0 Å². The molecule has 3 unspecified atom stereocenters. The van der Waals surface area contributed by atoms with Gasteiger partial charge < -0.3 is 8.85 Å². The highest BCUT2D eigenvalue weighted by atomic mass is 28.4. The van der Waals surface area contributed by atoms with Crippen LogP contribution in [-0.2, 0) is 8.85 Å². The highest BCUT2D eigenvalue weighted by molar-refractivity contribution is 6.69. The Labute approximate surface area is 100 Å². The van der Waals surface area contributed by atoms with E-state index < -0.39 is 8.56 Å². The molecule has 2 bridgehead atoms. The average Bonchev–Trinajstić information content (AvgIpc) is 2.94. The summed E-state index contributed by atoms with van der Waals surface area (Å²) < 4.78 is 11.8. The van der Waals surface area contributed by atoms with Crippen molar-refractivity contribution in [2.24, 2.45) is 11.8 Å². The predicted molar refractivity (Wildman–Crippen MR) is 68.6 cm³/mol. The van der Waals surface area contributed by atoms with Crippen LogP contribution in [-0.4, -0.2) is 22.8 Å². The maximum Gasteiger partial charge on any atom is 0.341 e. The Hall–Kier alpha value is -0.123. The molecule has 0 aliphatic heterocycles. The number of allylic oxidation sites excluding steroid dienone is 2. The normalized spacial score (nSPS) is 32.6. The first-order valence-electron chi connectivity index (χ1n) is 6.54. The molecule has 0 heterocycles. The van der Waals surface area contributed by atoms with Crippen LogP contribution in [0.25, 0.3) is 0 Å². The van der Waals surface area contributed by atoms with Crippen LogP contribution in [0.3, 0.4) is 0 Å². The number of hydrogen-bond acceptors (Lipinski definition) is 2. The monoisotopic (exact) mass is 240 g/mol. The summed E-state index contributed by atoms with van der Waals surface area (Å²) in [5.74, 6) is 1.56. The Kier molecular flexibility index (Phi) is 3.87. The van der Waals surface area contributed by atoms with E-state index in [4.69, 9.17) is 8.85 Å². The number of rotatable bonds is 6. The molecule has 0 radical (unpaired) electrons. The lowest BCUT2D eigenvalue weighted by molar-refractivity contribution is 0.220. The standard InChI is InChI=1S/C13H24O2Si/c1-4-5-8-16(14-2,15-3)13-10-11-6-7-12(13)9-11/h6-7,11-13H,4-5,8-10H2,1-3H3. The molecule has 16 heavy (non-hydrogen) atoms. The van der Waals surface area contributed by atoms with Crippen molar-refractivity contribution in [2.75, 3.05) is 14.2 Å². The van der Waals surface area contributed by atoms with Gasteiger partial charge in [-0.25, -0.2) is 0 Å². The topological polar surface area (TPSA) is 18.5 Å². The second-order valence-corrected chi connectivity index (χ2v) is 8.89. The largest absolute Gasteiger partial charge is 0.397 e. The molecule has 3 heteroatoms. The highest BCUT2D eigenvalue weighted by Crippen LogP contribution is 2.53. The molecular formula is C13H24O2Si. The van der Waals surface area contributed by atoms with Gasteiger partial charge in [-0.15, -0.1) is 0 Å². The Morgan fingerprint density at radius 2 is 1.94 bits per heavy atom. The zero-order valence-corrected chi connectivity index (χ0v) is 11.7. The van der Waals surface area contributed by atoms with Gasteiger partial charge in [-0.1, -0.05) is 31.9 Å². The van der Waals surface area contributed by atoms with Crippen molar-refractivity contribution in [1.82, 2.24) is 0 Å². The first-order valence-corrected chi connectivity index (χ1v) is 8.64. The fourth-order valence-electron chi connectivity index (χ4n) is 3.49. The van der Waals surface area contributed by atoms with E-state index in [0.29, 0.717) is 5.54 Å². The van der Waals surface area contributed by atoms with E-state index in [2.05, 4.69) is 19.1 Å². The first-order chi connectivity index (χ1) is 7.75. The summed E-state index contributed by atoms with van der Waals surface area (Å²) in [4.78, 5) is 0. The summed E-state index contributed by atoms with van der Waals surface area (Å²) in [6.45, 7) is 2.24. The molecule has 1 saturated carbocycles. The van der Waals surface area contributed by atoms with Gasteiger partial charge >= 0.3 is 8.56 Å². The third-order valence-electron chi connectivity index (χ3n) is 4.41. The van der Waals surface area contributed by atoms with Gasteiger partial charge in [-0.2, -0.15) is 0 Å². The third kappa shape index (κ3) is 2.00. The van der Waals surface area contributed by atoms with Crippen LogP contribution in [0.2, 0.25) is 11.6 Å². The van der Waals surface area contributed by atoms with Gasteiger partial charge in [0, 0.05) is 19.8 Å². The van der Waals surface area contributed by atoms with Crippen molar-refractivity contribution in [2.45, 2.75) is 44.2 Å². The molecule has 0 N–H and O–H groups in total. The van der Waals surface area contributed by atoms with Gasteiger partial charge in [-0.05, 0) is 30.7 Å². The zero-order valence-electron chi connectivity index (χ0n) is 10.7. The first kappa shape index (κ1) is 12.3. The van der Waals surface area contributed by atoms with Crippen LogP contribution in [0.4, 0.5) is 0 Å². The SMILES string of the molecule is CCCC[Si](OC)(OC)C1CC2C=CC1C2. The van der Waals surface area contributed by atoms with E-state index in [1.807, 2.05) is 14.2 Å². The van der Waals surface area contributed by atoms with Crippen LogP contribution in [0.5, 0.6) is 0 Å². The molecule has 0 amide bonds. The van der Waals surface area contributed by atoms with Crippen molar-refractivity contribution in [3.8, 4) is 0 Å². The van der Waals surface area contributed by atoms with Gasteiger partial charge in [-0.3, -0.25) is 0 Å². The van der Waals surface area contributed by atoms with E-state index in [-0.39, 0.29) is 0 Å². The summed E-state index contributed by atoms with van der Waals surface area (Å²) in [6.07, 6.45) is 9.93. The molecule has 2 aliphatic rings. The van der Waals surface area contributed by atoms with Crippen LogP contribution in [0.1, 0.15) is 32.6 Å². The molecule has 0 aromatic carbocycles. The van der Waals surface area contributed by atoms with Crippen LogP contribution in [0.15, 0.2) is 12.2 Å². The van der Waals surface area contributed by atoms with Crippen molar-refractivity contribution in [1.29, 1.82) is 0 Å². The highest BCUT2D eigenvalue weighted by Gasteiger charge is 2.52. The quantitative estimate of drug-likeness (QED) is 0.523. The van der Waals surface area contributed by atoms with E-state index in [1.165, 1.54) is 25.7 Å². The Bertz CT molecular complexity index is 261. The Morgan fingerprint density at radius 3 is 2.38 bits per heavy atom. The molecule has 3 atom stereocenters. The minimum atomic E-state index is -1.94. The number of fused-ring (bicyclic) bond motifs is 2. The van der Waals surface area contributed by atoms with Crippen LogP contribution in [0, 0.1) is 11.8 Å². The molecular weight excluding hydrogens is 216 g/mol. The fourth-order valence-corrected chi connectivity index (χ4v) is 7.44. The van der Waals surface area contributed by atoms with Gasteiger partial charge in [0.25, 0.3) is 0 Å². The summed E-state index contributed by atoms with van der Waals surface area (Å²) in [5.41, 5.74) is 0.698. The summed E-state index contributed by atoms with van der Waals surface area (Å²) in [6, 6.07) is 1.16. The minimum absolute atomic E-state index is 0.698. The molecule has 1 fully saturated rings. The Balaban J connectivity index is 2.09. The lowest BCUT2D eigenvalue weighted by atomic mass is 10.1. The van der Waals surface area contributed by atoms with Crippen molar-refractivity contribution in [3.63, 3.8) is 0 Å². The van der Waals surface area contributed by atoms with E-state index in [9.17, 15) is 0 Å². The summed E-state index contributed by atoms with van der Waals surface area (Å²) in [7, 11) is 1.79.